The zero-order chi connectivity index (χ0) is 11.7. The molecule has 1 aliphatic rings. The Hall–Kier alpha value is -1.84. The Bertz CT molecular complexity index is 442. The van der Waals surface area contributed by atoms with Gasteiger partial charge in [0.15, 0.2) is 0 Å². The number of carbonyl (C=O) groups is 2. The second-order valence-corrected chi connectivity index (χ2v) is 3.94. The van der Waals surface area contributed by atoms with Gasteiger partial charge in [-0.15, -0.1) is 0 Å². The van der Waals surface area contributed by atoms with Gasteiger partial charge in [0.2, 0.25) is 0 Å². The van der Waals surface area contributed by atoms with Crippen LogP contribution in [0, 0.1) is 0 Å². The van der Waals surface area contributed by atoms with E-state index in [9.17, 15) is 9.59 Å². The predicted octanol–water partition coefficient (Wildman–Crippen LogP) is 0.710. The molecule has 1 aromatic rings. The molecule has 0 fully saturated rings. The highest BCUT2D eigenvalue weighted by atomic mass is 16.2. The molecule has 1 unspecified atom stereocenters. The molecule has 1 N–H and O–H groups in total. The topological polar surface area (TPSA) is 49.4 Å². The molecule has 0 saturated heterocycles. The zero-order valence-corrected chi connectivity index (χ0v) is 9.36. The van der Waals surface area contributed by atoms with Crippen molar-refractivity contribution < 1.29 is 9.59 Å². The van der Waals surface area contributed by atoms with Crippen LogP contribution in [0.25, 0.3) is 0 Å². The fourth-order valence-electron chi connectivity index (χ4n) is 2.09. The normalized spacial score (nSPS) is 18.1. The van der Waals surface area contributed by atoms with Gasteiger partial charge in [0.25, 0.3) is 0 Å². The third-order valence-electron chi connectivity index (χ3n) is 2.85. The third kappa shape index (κ3) is 1.56. The summed E-state index contributed by atoms with van der Waals surface area (Å²) in [6, 6.07) is 7.73. The van der Waals surface area contributed by atoms with E-state index in [1.807, 2.05) is 31.2 Å². The monoisotopic (exact) mass is 218 g/mol. The summed E-state index contributed by atoms with van der Waals surface area (Å²) in [6.45, 7) is 1.95. The van der Waals surface area contributed by atoms with E-state index in [2.05, 4.69) is 5.32 Å². The quantitative estimate of drug-likeness (QED) is 0.652. The minimum atomic E-state index is -0.566. The number of benzene rings is 1. The number of anilines is 1. The zero-order valence-electron chi connectivity index (χ0n) is 9.36. The molecule has 4 heteroatoms. The van der Waals surface area contributed by atoms with Gasteiger partial charge in [-0.2, -0.15) is 0 Å². The predicted molar refractivity (Wildman–Crippen MR) is 61.2 cm³/mol. The number of para-hydroxylation sites is 1. The summed E-state index contributed by atoms with van der Waals surface area (Å²) >= 11 is 0. The SMILES string of the molecule is CNC(=O)C(=O)N1c2ccccc2CC1C. The third-order valence-corrected chi connectivity index (χ3v) is 2.85. The van der Waals surface area contributed by atoms with Gasteiger partial charge < -0.3 is 10.2 Å². The number of amides is 2. The van der Waals surface area contributed by atoms with Gasteiger partial charge in [0.1, 0.15) is 0 Å². The summed E-state index contributed by atoms with van der Waals surface area (Å²) in [7, 11) is 1.47. The van der Waals surface area contributed by atoms with Crippen molar-refractivity contribution in [3.05, 3.63) is 29.8 Å². The maximum absolute atomic E-state index is 11.9. The average Bonchev–Trinajstić information content (AvgIpc) is 2.63. The molecule has 0 saturated carbocycles. The number of fused-ring (bicyclic) bond motifs is 1. The number of carbonyl (C=O) groups excluding carboxylic acids is 2. The summed E-state index contributed by atoms with van der Waals surface area (Å²) in [4.78, 5) is 24.8. The molecule has 0 spiro atoms. The van der Waals surface area contributed by atoms with Crippen LogP contribution >= 0.6 is 0 Å². The lowest BCUT2D eigenvalue weighted by molar-refractivity contribution is -0.137. The highest BCUT2D eigenvalue weighted by Gasteiger charge is 2.33. The van der Waals surface area contributed by atoms with E-state index >= 15 is 0 Å². The van der Waals surface area contributed by atoms with Crippen molar-refractivity contribution in [2.24, 2.45) is 0 Å². The first-order valence-corrected chi connectivity index (χ1v) is 5.28. The number of nitrogens with zero attached hydrogens (tertiary/aromatic N) is 1. The van der Waals surface area contributed by atoms with E-state index < -0.39 is 11.8 Å². The summed E-state index contributed by atoms with van der Waals surface area (Å²) < 4.78 is 0. The molecular weight excluding hydrogens is 204 g/mol. The standard InChI is InChI=1S/C12H14N2O2/c1-8-7-9-5-3-4-6-10(9)14(8)12(16)11(15)13-2/h3-6,8H,7H2,1-2H3,(H,13,15). The number of rotatable bonds is 0. The lowest BCUT2D eigenvalue weighted by Crippen LogP contribution is -2.44. The first-order chi connectivity index (χ1) is 7.65. The van der Waals surface area contributed by atoms with Gasteiger partial charge in [0.05, 0.1) is 0 Å². The molecule has 1 heterocycles. The molecule has 1 aromatic carbocycles. The van der Waals surface area contributed by atoms with Gasteiger partial charge in [-0.25, -0.2) is 0 Å². The van der Waals surface area contributed by atoms with Crippen molar-refractivity contribution >= 4 is 17.5 Å². The van der Waals surface area contributed by atoms with E-state index in [4.69, 9.17) is 0 Å². The molecule has 0 aliphatic carbocycles. The molecule has 4 nitrogen and oxygen atoms in total. The molecule has 2 amide bonds. The largest absolute Gasteiger partial charge is 0.351 e. The molecular formula is C12H14N2O2. The smallest absolute Gasteiger partial charge is 0.316 e. The minimum Gasteiger partial charge on any atom is -0.351 e. The van der Waals surface area contributed by atoms with E-state index in [0.717, 1.165) is 17.7 Å². The molecule has 0 aromatic heterocycles. The molecule has 2 rings (SSSR count). The Balaban J connectivity index is 2.36. The Morgan fingerprint density at radius 1 is 1.38 bits per heavy atom. The van der Waals surface area contributed by atoms with Crippen LogP contribution in [-0.2, 0) is 16.0 Å². The van der Waals surface area contributed by atoms with Gasteiger partial charge in [-0.05, 0) is 25.0 Å². The Morgan fingerprint density at radius 2 is 2.06 bits per heavy atom. The maximum atomic E-state index is 11.9. The highest BCUT2D eigenvalue weighted by Crippen LogP contribution is 2.31. The van der Waals surface area contributed by atoms with Gasteiger partial charge in [-0.3, -0.25) is 9.59 Å². The lowest BCUT2D eigenvalue weighted by Gasteiger charge is -2.21. The van der Waals surface area contributed by atoms with Crippen LogP contribution < -0.4 is 10.2 Å². The van der Waals surface area contributed by atoms with E-state index in [1.54, 1.807) is 4.90 Å². The van der Waals surface area contributed by atoms with Crippen LogP contribution in [0.4, 0.5) is 5.69 Å². The van der Waals surface area contributed by atoms with Crippen LogP contribution in [0.15, 0.2) is 24.3 Å². The number of likely N-dealkylation sites (N-methyl/N-ethyl adjacent to an activating group) is 1. The first kappa shape index (κ1) is 10.7. The van der Waals surface area contributed by atoms with Crippen molar-refractivity contribution in [2.75, 3.05) is 11.9 Å². The van der Waals surface area contributed by atoms with Gasteiger partial charge in [-0.1, -0.05) is 18.2 Å². The minimum absolute atomic E-state index is 0.0437. The van der Waals surface area contributed by atoms with Crippen molar-refractivity contribution in [2.45, 2.75) is 19.4 Å². The van der Waals surface area contributed by atoms with Crippen molar-refractivity contribution in [1.29, 1.82) is 0 Å². The van der Waals surface area contributed by atoms with Crippen LogP contribution in [0.5, 0.6) is 0 Å². The summed E-state index contributed by atoms with van der Waals surface area (Å²) in [6.07, 6.45) is 0.804. The molecule has 1 atom stereocenters. The fraction of sp³-hybridized carbons (Fsp3) is 0.333. The van der Waals surface area contributed by atoms with Crippen molar-refractivity contribution in [3.63, 3.8) is 0 Å². The molecule has 1 aliphatic heterocycles. The number of nitrogens with one attached hydrogen (secondary N) is 1. The van der Waals surface area contributed by atoms with E-state index in [0.29, 0.717) is 0 Å². The average molecular weight is 218 g/mol. The summed E-state index contributed by atoms with van der Waals surface area (Å²) in [5, 5.41) is 2.36. The molecule has 0 radical (unpaired) electrons. The van der Waals surface area contributed by atoms with Crippen LogP contribution in [0.3, 0.4) is 0 Å². The second-order valence-electron chi connectivity index (χ2n) is 3.94. The fourth-order valence-corrected chi connectivity index (χ4v) is 2.09. The molecule has 84 valence electrons. The second kappa shape index (κ2) is 3.96. The van der Waals surface area contributed by atoms with Crippen molar-refractivity contribution in [3.8, 4) is 0 Å². The molecule has 16 heavy (non-hydrogen) atoms. The number of hydrogen-bond acceptors (Lipinski definition) is 2. The Labute approximate surface area is 94.2 Å². The first-order valence-electron chi connectivity index (χ1n) is 5.28. The summed E-state index contributed by atoms with van der Waals surface area (Å²) in [5.41, 5.74) is 1.97. The summed E-state index contributed by atoms with van der Waals surface area (Å²) in [5.74, 6) is -1.05. The maximum Gasteiger partial charge on any atom is 0.316 e. The Kier molecular flexibility index (Phi) is 2.64. The van der Waals surface area contributed by atoms with E-state index in [-0.39, 0.29) is 6.04 Å². The highest BCUT2D eigenvalue weighted by molar-refractivity contribution is 6.40. The number of hydrogen-bond donors (Lipinski definition) is 1. The van der Waals surface area contributed by atoms with Gasteiger partial charge in [0, 0.05) is 18.8 Å². The lowest BCUT2D eigenvalue weighted by atomic mass is 10.1. The van der Waals surface area contributed by atoms with Crippen molar-refractivity contribution in [1.82, 2.24) is 5.32 Å². The van der Waals surface area contributed by atoms with Crippen LogP contribution in [-0.4, -0.2) is 24.9 Å². The van der Waals surface area contributed by atoms with Gasteiger partial charge >= 0.3 is 11.8 Å². The van der Waals surface area contributed by atoms with Crippen LogP contribution in [0.1, 0.15) is 12.5 Å². The van der Waals surface area contributed by atoms with Crippen LogP contribution in [0.2, 0.25) is 0 Å². The molecule has 0 bridgehead atoms. The van der Waals surface area contributed by atoms with E-state index in [1.165, 1.54) is 7.05 Å². The Morgan fingerprint density at radius 3 is 2.75 bits per heavy atom.